The zero-order chi connectivity index (χ0) is 14.3. The summed E-state index contributed by atoms with van der Waals surface area (Å²) >= 11 is 4.70. The van der Waals surface area contributed by atoms with Crippen molar-refractivity contribution >= 4 is 53.1 Å². The van der Waals surface area contributed by atoms with Crippen molar-refractivity contribution < 1.29 is 8.42 Å². The number of nitrogens with zero attached hydrogens (tertiary/aromatic N) is 3. The van der Waals surface area contributed by atoms with Gasteiger partial charge in [-0.2, -0.15) is 8.42 Å². The van der Waals surface area contributed by atoms with Crippen LogP contribution in [0.4, 0.5) is 5.69 Å². The molecule has 0 spiro atoms. The molecule has 0 aliphatic heterocycles. The number of aromatic nitrogens is 3. The minimum atomic E-state index is -3.74. The Kier molecular flexibility index (Phi) is 3.27. The number of hydrogen-bond acceptors (Lipinski definition) is 5. The summed E-state index contributed by atoms with van der Waals surface area (Å²) in [4.78, 5) is 0. The number of nitrogens with one attached hydrogen (secondary N) is 1. The van der Waals surface area contributed by atoms with Gasteiger partial charge in [-0.1, -0.05) is 5.21 Å². The second kappa shape index (κ2) is 4.83. The number of fused-ring (bicyclic) bond motifs is 1. The van der Waals surface area contributed by atoms with Gasteiger partial charge in [-0.25, -0.2) is 4.68 Å². The molecule has 0 bridgehead atoms. The summed E-state index contributed by atoms with van der Waals surface area (Å²) in [5.74, 6) is 0. The Balaban J connectivity index is 2.01. The molecule has 2 heterocycles. The lowest BCUT2D eigenvalue weighted by Crippen LogP contribution is -2.17. The molecule has 0 fully saturated rings. The molecule has 6 nitrogen and oxygen atoms in total. The largest absolute Gasteiger partial charge is 0.281 e. The van der Waals surface area contributed by atoms with Crippen LogP contribution in [0.3, 0.4) is 0 Å². The molecule has 0 radical (unpaired) electrons. The lowest BCUT2D eigenvalue weighted by atomic mass is 10.2. The van der Waals surface area contributed by atoms with Gasteiger partial charge in [0.05, 0.1) is 0 Å². The molecule has 0 aliphatic rings. The van der Waals surface area contributed by atoms with Crippen LogP contribution in [0.5, 0.6) is 0 Å². The van der Waals surface area contributed by atoms with Crippen LogP contribution in [0.2, 0.25) is 0 Å². The molecule has 20 heavy (non-hydrogen) atoms. The van der Waals surface area contributed by atoms with Gasteiger partial charge in [0.2, 0.25) is 5.03 Å². The maximum atomic E-state index is 12.3. The van der Waals surface area contributed by atoms with Crippen molar-refractivity contribution in [3.63, 3.8) is 0 Å². The summed E-state index contributed by atoms with van der Waals surface area (Å²) in [6.07, 6.45) is 0. The number of benzene rings is 1. The van der Waals surface area contributed by atoms with Crippen molar-refractivity contribution in [2.45, 2.75) is 5.03 Å². The van der Waals surface area contributed by atoms with Crippen LogP contribution in [-0.2, 0) is 17.1 Å². The molecule has 9 heteroatoms. The van der Waals surface area contributed by atoms with Gasteiger partial charge in [-0.05, 0) is 51.0 Å². The Hall–Kier alpha value is -1.45. The van der Waals surface area contributed by atoms with E-state index in [9.17, 15) is 8.42 Å². The number of rotatable bonds is 3. The second-order valence-electron chi connectivity index (χ2n) is 4.09. The van der Waals surface area contributed by atoms with E-state index in [4.69, 9.17) is 0 Å². The van der Waals surface area contributed by atoms with Gasteiger partial charge in [-0.3, -0.25) is 4.72 Å². The maximum absolute atomic E-state index is 12.3. The predicted molar refractivity (Wildman–Crippen MR) is 81.3 cm³/mol. The third kappa shape index (κ3) is 2.32. The van der Waals surface area contributed by atoms with Crippen molar-refractivity contribution in [1.82, 2.24) is 15.0 Å². The van der Waals surface area contributed by atoms with E-state index in [-0.39, 0.29) is 9.63 Å². The highest BCUT2D eigenvalue weighted by Gasteiger charge is 2.24. The number of thiophene rings is 1. The van der Waals surface area contributed by atoms with E-state index >= 15 is 0 Å². The normalized spacial score (nSPS) is 11.9. The Morgan fingerprint density at radius 1 is 1.35 bits per heavy atom. The van der Waals surface area contributed by atoms with Crippen molar-refractivity contribution in [3.05, 3.63) is 34.2 Å². The van der Waals surface area contributed by atoms with Crippen LogP contribution < -0.4 is 4.72 Å². The summed E-state index contributed by atoms with van der Waals surface area (Å²) < 4.78 is 29.7. The number of aryl methyl sites for hydroxylation is 1. The Labute approximate surface area is 127 Å². The molecular formula is C11H9BrN4O2S2. The number of hydrogen-bond donors (Lipinski definition) is 1. The van der Waals surface area contributed by atoms with Crippen molar-refractivity contribution in [1.29, 1.82) is 0 Å². The summed E-state index contributed by atoms with van der Waals surface area (Å²) in [5.41, 5.74) is 0.504. The highest BCUT2D eigenvalue weighted by Crippen LogP contribution is 2.26. The molecule has 3 aromatic rings. The van der Waals surface area contributed by atoms with E-state index < -0.39 is 10.0 Å². The molecule has 0 aliphatic carbocycles. The van der Waals surface area contributed by atoms with E-state index in [1.54, 1.807) is 23.5 Å². The van der Waals surface area contributed by atoms with Gasteiger partial charge < -0.3 is 0 Å². The monoisotopic (exact) mass is 372 g/mol. The second-order valence-corrected chi connectivity index (χ2v) is 7.38. The SMILES string of the molecule is Cn1nnc(Br)c1S(=O)(=O)Nc1ccc2sccc2c1. The molecule has 1 aromatic carbocycles. The van der Waals surface area contributed by atoms with Gasteiger partial charge >= 0.3 is 0 Å². The number of sulfonamides is 1. The molecule has 2 aromatic heterocycles. The fourth-order valence-electron chi connectivity index (χ4n) is 1.84. The molecule has 0 amide bonds. The highest BCUT2D eigenvalue weighted by atomic mass is 79.9. The fraction of sp³-hybridized carbons (Fsp3) is 0.0909. The minimum absolute atomic E-state index is 0.0112. The predicted octanol–water partition coefficient (Wildman–Crippen LogP) is 2.59. The summed E-state index contributed by atoms with van der Waals surface area (Å²) in [6, 6.07) is 7.35. The average Bonchev–Trinajstić information content (AvgIpc) is 2.95. The molecule has 0 unspecified atom stereocenters. The number of halogens is 1. The van der Waals surface area contributed by atoms with Gasteiger partial charge in [0.1, 0.15) is 0 Å². The molecule has 0 saturated carbocycles. The average molecular weight is 373 g/mol. The van der Waals surface area contributed by atoms with E-state index in [2.05, 4.69) is 31.0 Å². The van der Waals surface area contributed by atoms with E-state index in [0.29, 0.717) is 5.69 Å². The Morgan fingerprint density at radius 2 is 2.15 bits per heavy atom. The van der Waals surface area contributed by atoms with E-state index in [1.807, 2.05) is 17.5 Å². The minimum Gasteiger partial charge on any atom is -0.278 e. The molecule has 0 saturated heterocycles. The smallest absolute Gasteiger partial charge is 0.278 e. The standard InChI is InChI=1S/C11H9BrN4O2S2/c1-16-11(10(12)13-15-16)20(17,18)14-8-2-3-9-7(6-8)4-5-19-9/h2-6,14H,1H3. The van der Waals surface area contributed by atoms with Crippen LogP contribution in [0.15, 0.2) is 39.3 Å². The molecule has 104 valence electrons. The first kappa shape index (κ1) is 13.5. The summed E-state index contributed by atoms with van der Waals surface area (Å²) in [6.45, 7) is 0. The van der Waals surface area contributed by atoms with Crippen LogP contribution in [0.25, 0.3) is 10.1 Å². The number of anilines is 1. The zero-order valence-corrected chi connectivity index (χ0v) is 13.5. The quantitative estimate of drug-likeness (QED) is 0.766. The molecule has 1 N–H and O–H groups in total. The van der Waals surface area contributed by atoms with Gasteiger partial charge in [0, 0.05) is 17.4 Å². The molecular weight excluding hydrogens is 364 g/mol. The van der Waals surface area contributed by atoms with Crippen LogP contribution in [0.1, 0.15) is 0 Å². The van der Waals surface area contributed by atoms with Crippen molar-refractivity contribution in [2.24, 2.45) is 7.05 Å². The first-order chi connectivity index (χ1) is 9.47. The lowest BCUT2D eigenvalue weighted by Gasteiger charge is -2.08. The third-order valence-electron chi connectivity index (χ3n) is 2.70. The summed E-state index contributed by atoms with van der Waals surface area (Å²) in [5, 5.41) is 10.3. The van der Waals surface area contributed by atoms with Gasteiger partial charge in [-0.15, -0.1) is 16.4 Å². The Morgan fingerprint density at radius 3 is 2.85 bits per heavy atom. The molecule has 3 rings (SSSR count). The third-order valence-corrected chi connectivity index (χ3v) is 5.86. The van der Waals surface area contributed by atoms with Crippen LogP contribution in [0, 0.1) is 0 Å². The fourth-order valence-corrected chi connectivity index (χ4v) is 4.76. The zero-order valence-electron chi connectivity index (χ0n) is 10.2. The topological polar surface area (TPSA) is 76.9 Å². The highest BCUT2D eigenvalue weighted by molar-refractivity contribution is 9.10. The lowest BCUT2D eigenvalue weighted by molar-refractivity contribution is 0.578. The van der Waals surface area contributed by atoms with E-state index in [1.165, 1.54) is 11.7 Å². The maximum Gasteiger partial charge on any atom is 0.281 e. The Bertz CT molecular complexity index is 865. The van der Waals surface area contributed by atoms with Gasteiger partial charge in [0.15, 0.2) is 4.60 Å². The van der Waals surface area contributed by atoms with Crippen LogP contribution in [-0.4, -0.2) is 23.4 Å². The summed E-state index contributed by atoms with van der Waals surface area (Å²) in [7, 11) is -2.22. The van der Waals surface area contributed by atoms with Crippen molar-refractivity contribution in [2.75, 3.05) is 4.72 Å². The van der Waals surface area contributed by atoms with Crippen molar-refractivity contribution in [3.8, 4) is 0 Å². The van der Waals surface area contributed by atoms with E-state index in [0.717, 1.165) is 10.1 Å². The van der Waals surface area contributed by atoms with Gasteiger partial charge in [0.25, 0.3) is 10.0 Å². The van der Waals surface area contributed by atoms with Crippen LogP contribution >= 0.6 is 27.3 Å². The first-order valence-corrected chi connectivity index (χ1v) is 8.68. The molecule has 0 atom stereocenters. The first-order valence-electron chi connectivity index (χ1n) is 5.52.